The van der Waals surface area contributed by atoms with Gasteiger partial charge in [-0.3, -0.25) is 0 Å². The Morgan fingerprint density at radius 2 is 2.57 bits per heavy atom. The van der Waals surface area contributed by atoms with Gasteiger partial charge in [0.15, 0.2) is 0 Å². The molecule has 1 aliphatic rings. The van der Waals surface area contributed by atoms with E-state index >= 15 is 0 Å². The number of nitrogens with one attached hydrogen (secondary N) is 3. The van der Waals surface area contributed by atoms with E-state index < -0.39 is 0 Å². The topological polar surface area (TPSA) is 63.5 Å². The minimum absolute atomic E-state index is 0.767. The van der Waals surface area contributed by atoms with Gasteiger partial charge in [0, 0.05) is 6.54 Å². The molecule has 0 aromatic carbocycles. The predicted molar refractivity (Wildman–Crippen MR) is 23.0 cm³/mol. The molecule has 0 unspecified atom stereocenters. The Morgan fingerprint density at radius 1 is 1.71 bits per heavy atom. The van der Waals surface area contributed by atoms with Crippen LogP contribution in [0.1, 0.15) is 0 Å². The van der Waals surface area contributed by atoms with E-state index in [1.807, 2.05) is 0 Å². The third kappa shape index (κ3) is 0.847. The van der Waals surface area contributed by atoms with Gasteiger partial charge in [0.2, 0.25) is 0 Å². The Labute approximate surface area is 41.1 Å². The van der Waals surface area contributed by atoms with Gasteiger partial charge in [0.1, 0.15) is 0 Å². The SMILES string of the molecule is N=NN1CCNN1. The third-order valence-electron chi connectivity index (χ3n) is 0.777. The minimum atomic E-state index is 0.767. The fourth-order valence-corrected chi connectivity index (χ4v) is 0.440. The highest BCUT2D eigenvalue weighted by molar-refractivity contribution is 4.49. The average Bonchev–Trinajstić information content (AvgIpc) is 2.14. The van der Waals surface area contributed by atoms with Crippen LogP contribution in [0.4, 0.5) is 0 Å². The van der Waals surface area contributed by atoms with Crippen LogP contribution >= 0.6 is 0 Å². The van der Waals surface area contributed by atoms with E-state index in [1.54, 1.807) is 0 Å². The van der Waals surface area contributed by atoms with Crippen LogP contribution in [-0.4, -0.2) is 18.2 Å². The van der Waals surface area contributed by atoms with Gasteiger partial charge in [-0.05, 0) is 0 Å². The molecule has 1 rings (SSSR count). The minimum Gasteiger partial charge on any atom is -0.236 e. The molecule has 7 heavy (non-hydrogen) atoms. The summed E-state index contributed by atoms with van der Waals surface area (Å²) in [6.45, 7) is 1.62. The highest BCUT2D eigenvalue weighted by Gasteiger charge is 2.04. The molecule has 0 aliphatic carbocycles. The summed E-state index contributed by atoms with van der Waals surface area (Å²) in [6, 6.07) is 0. The summed E-state index contributed by atoms with van der Waals surface area (Å²) >= 11 is 0. The predicted octanol–water partition coefficient (Wildman–Crippen LogP) is -0.743. The normalized spacial score (nSPS) is 20.3. The lowest BCUT2D eigenvalue weighted by molar-refractivity contribution is 0.220. The monoisotopic (exact) mass is 101 g/mol. The van der Waals surface area contributed by atoms with Gasteiger partial charge in [-0.25, -0.2) is 5.43 Å². The van der Waals surface area contributed by atoms with Crippen molar-refractivity contribution in [2.45, 2.75) is 0 Å². The lowest BCUT2D eigenvalue weighted by Gasteiger charge is -2.03. The van der Waals surface area contributed by atoms with Crippen LogP contribution in [0.15, 0.2) is 5.22 Å². The molecule has 5 nitrogen and oxygen atoms in total. The lowest BCUT2D eigenvalue weighted by Crippen LogP contribution is -2.31. The molecule has 0 amide bonds. The molecule has 5 heteroatoms. The molecule has 0 aromatic rings. The Balaban J connectivity index is 2.26. The second kappa shape index (κ2) is 1.85. The number of hydrogen-bond donors (Lipinski definition) is 3. The van der Waals surface area contributed by atoms with Gasteiger partial charge < -0.3 is 0 Å². The largest absolute Gasteiger partial charge is 0.236 e. The van der Waals surface area contributed by atoms with E-state index in [9.17, 15) is 0 Å². The van der Waals surface area contributed by atoms with E-state index in [-0.39, 0.29) is 0 Å². The molecule has 0 radical (unpaired) electrons. The van der Waals surface area contributed by atoms with E-state index in [0.717, 1.165) is 13.1 Å². The van der Waals surface area contributed by atoms with Gasteiger partial charge in [0.25, 0.3) is 0 Å². The average molecular weight is 101 g/mol. The summed E-state index contributed by atoms with van der Waals surface area (Å²) in [5, 5.41) is 4.51. The molecule has 1 heterocycles. The maximum Gasteiger partial charge on any atom is 0.0703 e. The first-order valence-corrected chi connectivity index (χ1v) is 2.07. The van der Waals surface area contributed by atoms with Crippen molar-refractivity contribution in [1.82, 2.24) is 16.1 Å². The second-order valence-corrected chi connectivity index (χ2v) is 1.26. The number of hydrogen-bond acceptors (Lipinski definition) is 4. The van der Waals surface area contributed by atoms with Gasteiger partial charge in [0.05, 0.1) is 6.54 Å². The first-order chi connectivity index (χ1) is 3.43. The van der Waals surface area contributed by atoms with Crippen LogP contribution in [-0.2, 0) is 0 Å². The van der Waals surface area contributed by atoms with Crippen LogP contribution in [0, 0.1) is 5.53 Å². The van der Waals surface area contributed by atoms with Gasteiger partial charge in [-0.1, -0.05) is 5.22 Å². The Bertz CT molecular complexity index is 64.5. The van der Waals surface area contributed by atoms with Gasteiger partial charge in [-0.15, -0.1) is 0 Å². The molecule has 0 bridgehead atoms. The van der Waals surface area contributed by atoms with E-state index in [2.05, 4.69) is 16.2 Å². The van der Waals surface area contributed by atoms with Crippen molar-refractivity contribution in [2.24, 2.45) is 5.22 Å². The summed E-state index contributed by atoms with van der Waals surface area (Å²) in [5.41, 5.74) is 11.9. The molecule has 1 aliphatic heterocycles. The Hall–Kier alpha value is -0.680. The smallest absolute Gasteiger partial charge is 0.0703 e. The zero-order valence-corrected chi connectivity index (χ0v) is 3.81. The maximum absolute atomic E-state index is 6.45. The second-order valence-electron chi connectivity index (χ2n) is 1.26. The third-order valence-corrected chi connectivity index (χ3v) is 0.777. The van der Waals surface area contributed by atoms with Gasteiger partial charge in [-0.2, -0.15) is 16.2 Å². The van der Waals surface area contributed by atoms with Crippen LogP contribution in [0.5, 0.6) is 0 Å². The molecule has 0 aromatic heterocycles. The van der Waals surface area contributed by atoms with Crippen molar-refractivity contribution >= 4 is 0 Å². The Morgan fingerprint density at radius 3 is 2.86 bits per heavy atom. The molecule has 1 saturated heterocycles. The zero-order chi connectivity index (χ0) is 5.11. The van der Waals surface area contributed by atoms with Crippen LogP contribution < -0.4 is 11.0 Å². The summed E-state index contributed by atoms with van der Waals surface area (Å²) in [5.74, 6) is 0. The molecular weight excluding hydrogens is 94.1 g/mol. The van der Waals surface area contributed by atoms with Crippen molar-refractivity contribution < 1.29 is 0 Å². The molecule has 0 saturated carbocycles. The molecule has 40 valence electrons. The van der Waals surface area contributed by atoms with Crippen LogP contribution in [0.3, 0.4) is 0 Å². The van der Waals surface area contributed by atoms with Crippen LogP contribution in [0.2, 0.25) is 0 Å². The zero-order valence-electron chi connectivity index (χ0n) is 3.81. The highest BCUT2D eigenvalue weighted by Crippen LogP contribution is 1.82. The number of hydrazine groups is 2. The van der Waals surface area contributed by atoms with Crippen molar-refractivity contribution in [3.8, 4) is 0 Å². The van der Waals surface area contributed by atoms with E-state index in [1.165, 1.54) is 5.12 Å². The standard InChI is InChI=1S/C2H7N5/c3-5-7-2-1-4-6-7/h3-4,6H,1-2H2. The van der Waals surface area contributed by atoms with E-state index in [4.69, 9.17) is 5.53 Å². The molecular formula is C2H7N5. The lowest BCUT2D eigenvalue weighted by atomic mass is 10.7. The first kappa shape index (κ1) is 4.48. The molecule has 0 atom stereocenters. The van der Waals surface area contributed by atoms with Crippen molar-refractivity contribution in [3.63, 3.8) is 0 Å². The summed E-state index contributed by atoms with van der Waals surface area (Å²) in [7, 11) is 0. The summed E-state index contributed by atoms with van der Waals surface area (Å²) in [6.07, 6.45) is 0. The van der Waals surface area contributed by atoms with Crippen molar-refractivity contribution in [2.75, 3.05) is 13.1 Å². The first-order valence-electron chi connectivity index (χ1n) is 2.07. The molecule has 0 spiro atoms. The number of rotatable bonds is 1. The van der Waals surface area contributed by atoms with Crippen molar-refractivity contribution in [1.29, 1.82) is 5.53 Å². The Kier molecular flexibility index (Phi) is 1.19. The van der Waals surface area contributed by atoms with E-state index in [0.29, 0.717) is 0 Å². The van der Waals surface area contributed by atoms with Crippen molar-refractivity contribution in [3.05, 3.63) is 0 Å². The maximum atomic E-state index is 6.45. The summed E-state index contributed by atoms with van der Waals surface area (Å²) in [4.78, 5) is 0. The summed E-state index contributed by atoms with van der Waals surface area (Å²) < 4.78 is 0. The molecule has 3 N–H and O–H groups in total. The number of nitrogens with zero attached hydrogens (tertiary/aromatic N) is 2. The quantitative estimate of drug-likeness (QED) is 0.381. The fraction of sp³-hybridized carbons (Fsp3) is 1.00. The van der Waals surface area contributed by atoms with Crippen LogP contribution in [0.25, 0.3) is 0 Å². The fourth-order valence-electron chi connectivity index (χ4n) is 0.440. The highest BCUT2D eigenvalue weighted by atomic mass is 15.8. The van der Waals surface area contributed by atoms with Gasteiger partial charge >= 0.3 is 0 Å². The molecule has 1 fully saturated rings.